The van der Waals surface area contributed by atoms with E-state index in [1.807, 2.05) is 6.92 Å². The van der Waals surface area contributed by atoms with Gasteiger partial charge in [-0.15, -0.1) is 0 Å². The van der Waals surface area contributed by atoms with E-state index >= 15 is 0 Å². The Morgan fingerprint density at radius 2 is 1.86 bits per heavy atom. The maximum absolute atomic E-state index is 13.4. The molecule has 0 bridgehead atoms. The Morgan fingerprint density at radius 3 is 2.60 bits per heavy atom. The number of ether oxygens (including phenoxy) is 1. The van der Waals surface area contributed by atoms with Crippen molar-refractivity contribution in [2.45, 2.75) is 50.7 Å². The highest BCUT2D eigenvalue weighted by Gasteiger charge is 2.46. The molecule has 0 unspecified atom stereocenters. The van der Waals surface area contributed by atoms with E-state index in [-0.39, 0.29) is 23.6 Å². The topological polar surface area (TPSA) is 95.6 Å². The van der Waals surface area contributed by atoms with Gasteiger partial charge in [-0.25, -0.2) is 19.0 Å². The lowest BCUT2D eigenvalue weighted by Gasteiger charge is -2.42. The molecule has 1 aliphatic carbocycles. The molecule has 1 fully saturated rings. The van der Waals surface area contributed by atoms with Crippen LogP contribution in [0, 0.1) is 17.6 Å². The number of benzene rings is 2. The third-order valence-corrected chi connectivity index (χ3v) is 6.90. The van der Waals surface area contributed by atoms with Crippen molar-refractivity contribution in [3.63, 3.8) is 0 Å². The predicted octanol–water partition coefficient (Wildman–Crippen LogP) is 5.03. The van der Waals surface area contributed by atoms with Crippen LogP contribution in [0.3, 0.4) is 0 Å². The van der Waals surface area contributed by atoms with E-state index in [1.165, 1.54) is 24.3 Å². The molecule has 1 spiro atoms. The molecule has 2 aromatic carbocycles. The molecule has 182 valence electrons. The number of hydrogen-bond acceptors (Lipinski definition) is 4. The summed E-state index contributed by atoms with van der Waals surface area (Å²) in [5.41, 5.74) is 3.94. The minimum atomic E-state index is -0.844. The van der Waals surface area contributed by atoms with Gasteiger partial charge in [0, 0.05) is 22.5 Å². The second-order valence-electron chi connectivity index (χ2n) is 9.43. The smallest absolute Gasteiger partial charge is 0.428 e. The molecule has 3 aromatic rings. The molecule has 7 nitrogen and oxygen atoms in total. The fraction of sp³-hybridized carbons (Fsp3) is 0.346. The SMILES string of the molecule is C[C@@H](CC1CCC2(CC1)OC(=O)NN=C2c1ccc(F)cc1)NC(=O)c1cc2cc(F)ccc2[nH]1. The Labute approximate surface area is 200 Å². The summed E-state index contributed by atoms with van der Waals surface area (Å²) >= 11 is 0. The summed E-state index contributed by atoms with van der Waals surface area (Å²) < 4.78 is 32.6. The molecule has 0 saturated heterocycles. The van der Waals surface area contributed by atoms with E-state index < -0.39 is 11.7 Å². The van der Waals surface area contributed by atoms with Crippen LogP contribution in [0.4, 0.5) is 13.6 Å². The van der Waals surface area contributed by atoms with E-state index in [2.05, 4.69) is 20.8 Å². The van der Waals surface area contributed by atoms with Crippen molar-refractivity contribution in [2.75, 3.05) is 0 Å². The van der Waals surface area contributed by atoms with Gasteiger partial charge in [0.05, 0.1) is 0 Å². The van der Waals surface area contributed by atoms with Crippen LogP contribution in [0.2, 0.25) is 0 Å². The Hall–Kier alpha value is -3.75. The molecular formula is C26H26F2N4O3. The van der Waals surface area contributed by atoms with E-state index in [0.717, 1.165) is 19.3 Å². The van der Waals surface area contributed by atoms with Gasteiger partial charge < -0.3 is 15.0 Å². The van der Waals surface area contributed by atoms with Crippen molar-refractivity contribution < 1.29 is 23.1 Å². The number of amides is 2. The number of nitrogens with zero attached hydrogens (tertiary/aromatic N) is 1. The number of aromatic nitrogens is 1. The zero-order chi connectivity index (χ0) is 24.6. The fourth-order valence-corrected chi connectivity index (χ4v) is 5.19. The number of nitrogens with one attached hydrogen (secondary N) is 3. The first-order chi connectivity index (χ1) is 16.8. The molecule has 1 aliphatic heterocycles. The molecule has 9 heteroatoms. The van der Waals surface area contributed by atoms with Crippen molar-refractivity contribution >= 4 is 28.6 Å². The second kappa shape index (κ2) is 9.13. The molecule has 2 heterocycles. The Kier molecular flexibility index (Phi) is 6.00. The molecule has 2 aliphatic rings. The maximum atomic E-state index is 13.4. The van der Waals surface area contributed by atoms with Crippen molar-refractivity contribution in [3.8, 4) is 0 Å². The summed E-state index contributed by atoms with van der Waals surface area (Å²) in [5.74, 6) is -0.599. The Bertz CT molecular complexity index is 1290. The number of H-pyrrole nitrogens is 1. The molecule has 2 amide bonds. The highest BCUT2D eigenvalue weighted by molar-refractivity contribution is 6.09. The molecule has 1 atom stereocenters. The highest BCUT2D eigenvalue weighted by atomic mass is 19.1. The third-order valence-electron chi connectivity index (χ3n) is 6.90. The van der Waals surface area contributed by atoms with E-state index in [4.69, 9.17) is 4.74 Å². The van der Waals surface area contributed by atoms with Crippen LogP contribution in [0.1, 0.15) is 55.1 Å². The molecular weight excluding hydrogens is 454 g/mol. The predicted molar refractivity (Wildman–Crippen MR) is 127 cm³/mol. The average molecular weight is 481 g/mol. The number of halogens is 2. The highest BCUT2D eigenvalue weighted by Crippen LogP contribution is 2.40. The number of carbonyl (C=O) groups excluding carboxylic acids is 2. The van der Waals surface area contributed by atoms with Gasteiger partial charge in [0.1, 0.15) is 23.0 Å². The quantitative estimate of drug-likeness (QED) is 0.478. The molecule has 35 heavy (non-hydrogen) atoms. The summed E-state index contributed by atoms with van der Waals surface area (Å²) in [6.45, 7) is 1.96. The third kappa shape index (κ3) is 4.76. The van der Waals surface area contributed by atoms with Crippen molar-refractivity contribution in [1.29, 1.82) is 0 Å². The maximum Gasteiger partial charge on any atom is 0.428 e. The number of hydrogen-bond donors (Lipinski definition) is 3. The average Bonchev–Trinajstić information content (AvgIpc) is 3.25. The lowest BCUT2D eigenvalue weighted by atomic mass is 9.73. The molecule has 1 aromatic heterocycles. The molecule has 3 N–H and O–H groups in total. The normalized spacial score (nSPS) is 22.9. The zero-order valence-electron chi connectivity index (χ0n) is 19.2. The van der Waals surface area contributed by atoms with E-state index in [0.29, 0.717) is 46.6 Å². The molecule has 1 saturated carbocycles. The van der Waals surface area contributed by atoms with Crippen LogP contribution in [0.15, 0.2) is 53.6 Å². The van der Waals surface area contributed by atoms with Gasteiger partial charge >= 0.3 is 6.09 Å². The fourth-order valence-electron chi connectivity index (χ4n) is 5.19. The van der Waals surface area contributed by atoms with Crippen LogP contribution < -0.4 is 10.7 Å². The van der Waals surface area contributed by atoms with Crippen LogP contribution in [0.25, 0.3) is 10.9 Å². The van der Waals surface area contributed by atoms with Crippen LogP contribution in [-0.4, -0.2) is 34.3 Å². The monoisotopic (exact) mass is 480 g/mol. The van der Waals surface area contributed by atoms with Gasteiger partial charge in [-0.05, 0) is 81.3 Å². The van der Waals surface area contributed by atoms with Gasteiger partial charge in [0.2, 0.25) is 0 Å². The number of carbonyl (C=O) groups is 2. The van der Waals surface area contributed by atoms with Gasteiger partial charge in [-0.3, -0.25) is 4.79 Å². The Morgan fingerprint density at radius 1 is 1.14 bits per heavy atom. The first kappa shape index (κ1) is 23.0. The lowest BCUT2D eigenvalue weighted by molar-refractivity contribution is 0.0154. The summed E-state index contributed by atoms with van der Waals surface area (Å²) in [4.78, 5) is 27.7. The van der Waals surface area contributed by atoms with E-state index in [9.17, 15) is 18.4 Å². The first-order valence-corrected chi connectivity index (χ1v) is 11.7. The standard InChI is InChI=1S/C26H26F2N4O3/c1-15(29-24(33)22-14-18-13-20(28)6-7-21(18)30-22)12-16-8-10-26(11-9-16)23(31-32-25(34)35-26)17-2-4-19(27)5-3-17/h2-7,13-16,30H,8-12H2,1H3,(H,29,33)(H,32,34)/t15-,16?,26?/m0/s1. The number of aromatic amines is 1. The molecule has 0 radical (unpaired) electrons. The minimum Gasteiger partial charge on any atom is -0.435 e. The number of hydrazone groups is 1. The molecule has 5 rings (SSSR count). The second-order valence-corrected chi connectivity index (χ2v) is 9.43. The van der Waals surface area contributed by atoms with Gasteiger partial charge in [0.15, 0.2) is 5.60 Å². The van der Waals surface area contributed by atoms with Crippen molar-refractivity contribution in [3.05, 3.63) is 71.4 Å². The van der Waals surface area contributed by atoms with Crippen LogP contribution in [-0.2, 0) is 4.74 Å². The summed E-state index contributed by atoms with van der Waals surface area (Å²) in [6.07, 6.45) is 2.95. The lowest BCUT2D eigenvalue weighted by Crippen LogP contribution is -2.52. The summed E-state index contributed by atoms with van der Waals surface area (Å²) in [5, 5.41) is 7.92. The van der Waals surface area contributed by atoms with Gasteiger partial charge in [-0.1, -0.05) is 12.1 Å². The van der Waals surface area contributed by atoms with Gasteiger partial charge in [0.25, 0.3) is 5.91 Å². The largest absolute Gasteiger partial charge is 0.435 e. The number of fused-ring (bicyclic) bond motifs is 1. The van der Waals surface area contributed by atoms with E-state index in [1.54, 1.807) is 24.3 Å². The summed E-state index contributed by atoms with van der Waals surface area (Å²) in [7, 11) is 0. The minimum absolute atomic E-state index is 0.0782. The van der Waals surface area contributed by atoms with Crippen LogP contribution >= 0.6 is 0 Å². The first-order valence-electron chi connectivity index (χ1n) is 11.7. The Balaban J connectivity index is 1.21. The number of rotatable bonds is 5. The van der Waals surface area contributed by atoms with Crippen LogP contribution in [0.5, 0.6) is 0 Å². The van der Waals surface area contributed by atoms with Crippen molar-refractivity contribution in [1.82, 2.24) is 15.7 Å². The summed E-state index contributed by atoms with van der Waals surface area (Å²) in [6, 6.07) is 11.9. The van der Waals surface area contributed by atoms with Gasteiger partial charge in [-0.2, -0.15) is 5.10 Å². The zero-order valence-corrected chi connectivity index (χ0v) is 19.2. The van der Waals surface area contributed by atoms with Crippen molar-refractivity contribution in [2.24, 2.45) is 11.0 Å².